The number of ether oxygens (including phenoxy) is 4. The highest BCUT2D eigenvalue weighted by molar-refractivity contribution is 8.10. The van der Waals surface area contributed by atoms with Crippen molar-refractivity contribution in [3.8, 4) is 23.0 Å². The predicted molar refractivity (Wildman–Crippen MR) is 149 cm³/mol. The van der Waals surface area contributed by atoms with Crippen LogP contribution in [0.4, 0.5) is 0 Å². The van der Waals surface area contributed by atoms with Gasteiger partial charge >= 0.3 is 0 Å². The molecule has 1 fully saturated rings. The lowest BCUT2D eigenvalue weighted by Gasteiger charge is -2.37. The molecule has 212 valence electrons. The lowest BCUT2D eigenvalue weighted by Crippen LogP contribution is -2.50. The van der Waals surface area contributed by atoms with Gasteiger partial charge < -0.3 is 23.8 Å². The third-order valence-corrected chi connectivity index (χ3v) is 13.2. The van der Waals surface area contributed by atoms with Crippen LogP contribution in [0, 0.1) is 0 Å². The molecule has 0 atom stereocenters. The van der Waals surface area contributed by atoms with Crippen molar-refractivity contribution in [3.63, 3.8) is 0 Å². The summed E-state index contributed by atoms with van der Waals surface area (Å²) in [6.45, 7) is 1.98. The van der Waals surface area contributed by atoms with Crippen molar-refractivity contribution in [2.45, 2.75) is 29.8 Å². The number of rotatable bonds is 10. The Morgan fingerprint density at radius 1 is 0.868 bits per heavy atom. The monoisotopic (exact) mass is 589 g/mol. The second-order valence-electron chi connectivity index (χ2n) is 9.45. The van der Waals surface area contributed by atoms with Gasteiger partial charge in [0.15, 0.2) is 46.8 Å². The minimum atomic E-state index is -3.97. The number of halogens is 1. The first kappa shape index (κ1) is 30.3. The van der Waals surface area contributed by atoms with Gasteiger partial charge in [-0.2, -0.15) is 0 Å². The molecule has 1 saturated heterocycles. The molecule has 0 amide bonds. The first-order valence-corrected chi connectivity index (χ1v) is 15.7. The fraction of sp³-hybridized carbons (Fsp3) is 0.538. The number of sulfone groups is 2. The number of hydrogen-bond donors (Lipinski definition) is 0. The quantitative estimate of drug-likeness (QED) is 0.412. The van der Waals surface area contributed by atoms with E-state index in [2.05, 4.69) is 4.90 Å². The third-order valence-electron chi connectivity index (χ3n) is 7.09. The second-order valence-corrected chi connectivity index (χ2v) is 14.4. The van der Waals surface area contributed by atoms with E-state index in [1.54, 1.807) is 26.4 Å². The van der Waals surface area contributed by atoms with Crippen molar-refractivity contribution in [3.05, 3.63) is 47.5 Å². The molecule has 38 heavy (non-hydrogen) atoms. The van der Waals surface area contributed by atoms with E-state index in [1.165, 1.54) is 6.07 Å². The lowest BCUT2D eigenvalue weighted by molar-refractivity contribution is 0.171. The zero-order valence-electron chi connectivity index (χ0n) is 22.0. The van der Waals surface area contributed by atoms with Crippen molar-refractivity contribution in [2.24, 2.45) is 0 Å². The molecule has 4 rings (SSSR count). The molecule has 0 radical (unpaired) electrons. The van der Waals surface area contributed by atoms with E-state index in [0.29, 0.717) is 55.7 Å². The smallest absolute Gasteiger partial charge is 0.198 e. The number of benzene rings is 2. The standard InChI is InChI=1S/C26H35NO8S2.ClH/c1-27(13-10-20-6-8-22(32-2)24(18-20)33-3)12-4-11-26(36(28,29)16-5-17-37(26,30)31)21-7-9-23-25(19-21)35-15-14-34-23;/h6-9,18-19H,4-5,10-17H2,1-3H3;1H. The van der Waals surface area contributed by atoms with E-state index in [0.717, 1.165) is 12.0 Å². The molecule has 0 aromatic heterocycles. The molecule has 9 nitrogen and oxygen atoms in total. The summed E-state index contributed by atoms with van der Waals surface area (Å²) in [7, 11) is -2.80. The number of hydrogen-bond acceptors (Lipinski definition) is 9. The summed E-state index contributed by atoms with van der Waals surface area (Å²) in [6, 6.07) is 10.5. The fourth-order valence-corrected chi connectivity index (χ4v) is 10.9. The summed E-state index contributed by atoms with van der Waals surface area (Å²) < 4.78 is 73.9. The minimum Gasteiger partial charge on any atom is -0.493 e. The Bertz CT molecular complexity index is 1300. The largest absolute Gasteiger partial charge is 0.493 e. The van der Waals surface area contributed by atoms with Crippen molar-refractivity contribution in [1.29, 1.82) is 0 Å². The summed E-state index contributed by atoms with van der Waals surface area (Å²) in [4.78, 5) is 2.08. The van der Waals surface area contributed by atoms with Crippen LogP contribution in [-0.4, -0.2) is 80.8 Å². The molecule has 0 unspecified atom stereocenters. The van der Waals surface area contributed by atoms with E-state index in [9.17, 15) is 16.8 Å². The molecular weight excluding hydrogens is 554 g/mol. The normalized spacial score (nSPS) is 18.8. The summed E-state index contributed by atoms with van der Waals surface area (Å²) in [5, 5.41) is 0. The molecule has 2 aliphatic heterocycles. The Balaban J connectivity index is 0.00000400. The van der Waals surface area contributed by atoms with Crippen molar-refractivity contribution < 1.29 is 35.8 Å². The number of nitrogens with zero attached hydrogens (tertiary/aromatic N) is 1. The highest BCUT2D eigenvalue weighted by Gasteiger charge is 2.57. The van der Waals surface area contributed by atoms with Crippen LogP contribution < -0.4 is 18.9 Å². The van der Waals surface area contributed by atoms with Crippen LogP contribution in [0.1, 0.15) is 30.4 Å². The van der Waals surface area contributed by atoms with Gasteiger partial charge in [0, 0.05) is 6.54 Å². The predicted octanol–water partition coefficient (Wildman–Crippen LogP) is 3.24. The molecule has 0 saturated carbocycles. The van der Waals surface area contributed by atoms with Gasteiger partial charge in [0.2, 0.25) is 0 Å². The van der Waals surface area contributed by atoms with Crippen LogP contribution in [0.15, 0.2) is 36.4 Å². The first-order chi connectivity index (χ1) is 17.6. The summed E-state index contributed by atoms with van der Waals surface area (Å²) in [5.41, 5.74) is 1.32. The molecule has 0 bridgehead atoms. The molecular formula is C26H36ClNO8S2. The van der Waals surface area contributed by atoms with Crippen LogP contribution in [0.5, 0.6) is 23.0 Å². The zero-order chi connectivity index (χ0) is 26.7. The Morgan fingerprint density at radius 3 is 2.18 bits per heavy atom. The van der Waals surface area contributed by atoms with Gasteiger partial charge in [-0.3, -0.25) is 0 Å². The van der Waals surface area contributed by atoms with Gasteiger partial charge in [0.05, 0.1) is 25.7 Å². The first-order valence-electron chi connectivity index (χ1n) is 12.4. The second kappa shape index (κ2) is 12.3. The maximum atomic E-state index is 13.5. The Hall–Kier alpha value is -2.21. The lowest BCUT2D eigenvalue weighted by atomic mass is 10.1. The van der Waals surface area contributed by atoms with Crippen molar-refractivity contribution in [1.82, 2.24) is 4.90 Å². The number of likely N-dealkylation sites (N-methyl/N-ethyl adjacent to an activating group) is 1. The summed E-state index contributed by atoms with van der Waals surface area (Å²) >= 11 is 0. The van der Waals surface area contributed by atoms with Gasteiger partial charge in [0.1, 0.15) is 13.2 Å². The number of methoxy groups -OCH3 is 2. The molecule has 2 heterocycles. The van der Waals surface area contributed by atoms with Gasteiger partial charge in [-0.1, -0.05) is 12.1 Å². The molecule has 0 aliphatic carbocycles. The molecule has 0 spiro atoms. The maximum Gasteiger partial charge on any atom is 0.198 e. The molecule has 2 aliphatic rings. The van der Waals surface area contributed by atoms with Crippen LogP contribution in [0.3, 0.4) is 0 Å². The van der Waals surface area contributed by atoms with Gasteiger partial charge in [-0.15, -0.1) is 12.4 Å². The third kappa shape index (κ3) is 5.85. The molecule has 12 heteroatoms. The van der Waals surface area contributed by atoms with E-state index in [-0.39, 0.29) is 42.3 Å². The van der Waals surface area contributed by atoms with Gasteiger partial charge in [0.25, 0.3) is 0 Å². The van der Waals surface area contributed by atoms with Crippen LogP contribution in [0.25, 0.3) is 0 Å². The maximum absolute atomic E-state index is 13.5. The van der Waals surface area contributed by atoms with E-state index in [1.807, 2.05) is 25.2 Å². The Morgan fingerprint density at radius 2 is 1.53 bits per heavy atom. The molecule has 2 aromatic rings. The van der Waals surface area contributed by atoms with Crippen molar-refractivity contribution in [2.75, 3.05) is 59.1 Å². The van der Waals surface area contributed by atoms with E-state index < -0.39 is 23.8 Å². The summed E-state index contributed by atoms with van der Waals surface area (Å²) in [5.74, 6) is 1.89. The fourth-order valence-electron chi connectivity index (χ4n) is 5.11. The van der Waals surface area contributed by atoms with Gasteiger partial charge in [-0.05, 0) is 74.7 Å². The van der Waals surface area contributed by atoms with Crippen molar-refractivity contribution >= 4 is 32.1 Å². The van der Waals surface area contributed by atoms with E-state index in [4.69, 9.17) is 18.9 Å². The average Bonchev–Trinajstić information content (AvgIpc) is 2.88. The highest BCUT2D eigenvalue weighted by atomic mass is 35.5. The topological polar surface area (TPSA) is 108 Å². The number of fused-ring (bicyclic) bond motifs is 1. The zero-order valence-corrected chi connectivity index (χ0v) is 24.4. The summed E-state index contributed by atoms with van der Waals surface area (Å²) in [6.07, 6.45) is 1.25. The van der Waals surface area contributed by atoms with Crippen LogP contribution >= 0.6 is 12.4 Å². The molecule has 2 aromatic carbocycles. The van der Waals surface area contributed by atoms with Crippen LogP contribution in [-0.2, 0) is 30.2 Å². The Kier molecular flexibility index (Phi) is 9.83. The highest BCUT2D eigenvalue weighted by Crippen LogP contribution is 2.47. The van der Waals surface area contributed by atoms with E-state index >= 15 is 0 Å². The van der Waals surface area contributed by atoms with Crippen LogP contribution in [0.2, 0.25) is 0 Å². The SMILES string of the molecule is COc1ccc(CCN(C)CCCC2(c3ccc4c(c3)OCCO4)S(=O)(=O)CCCS2(=O)=O)cc1OC.Cl. The van der Waals surface area contributed by atoms with Gasteiger partial charge in [-0.25, -0.2) is 16.8 Å². The minimum absolute atomic E-state index is 0. The average molecular weight is 590 g/mol. The Labute approximate surface area is 231 Å². The molecule has 0 N–H and O–H groups in total.